The van der Waals surface area contributed by atoms with Crippen LogP contribution in [0.3, 0.4) is 0 Å². The molecule has 2 N–H and O–H groups in total. The highest BCUT2D eigenvalue weighted by molar-refractivity contribution is 7.88. The van der Waals surface area contributed by atoms with Gasteiger partial charge in [0.05, 0.1) is 5.75 Å². The number of nitrogen functional groups attached to an aromatic ring is 1. The quantitative estimate of drug-likeness (QED) is 0.852. The molecular weight excluding hydrogens is 248 g/mol. The van der Waals surface area contributed by atoms with Gasteiger partial charge in [0.1, 0.15) is 0 Å². The minimum absolute atomic E-state index is 0.0523. The van der Waals surface area contributed by atoms with Crippen molar-refractivity contribution in [1.82, 2.24) is 4.31 Å². The van der Waals surface area contributed by atoms with Gasteiger partial charge >= 0.3 is 0 Å². The number of hydrogen-bond donors (Lipinski definition) is 1. The lowest BCUT2D eigenvalue weighted by Crippen LogP contribution is -2.43. The van der Waals surface area contributed by atoms with Crippen molar-refractivity contribution < 1.29 is 8.42 Å². The maximum atomic E-state index is 12.4. The number of rotatable bonds is 3. The molecule has 0 spiro atoms. The van der Waals surface area contributed by atoms with Gasteiger partial charge in [0.2, 0.25) is 10.0 Å². The van der Waals surface area contributed by atoms with Gasteiger partial charge in [-0.2, -0.15) is 4.31 Å². The molecule has 0 aromatic heterocycles. The third kappa shape index (κ3) is 2.67. The first-order valence-corrected chi connectivity index (χ1v) is 7.77. The molecule has 0 saturated carbocycles. The third-order valence-electron chi connectivity index (χ3n) is 3.49. The summed E-state index contributed by atoms with van der Waals surface area (Å²) in [5.41, 5.74) is 6.77. The van der Waals surface area contributed by atoms with Crippen molar-refractivity contribution in [3.05, 3.63) is 29.8 Å². The summed E-state index contributed by atoms with van der Waals surface area (Å²) < 4.78 is 26.4. The SMILES string of the molecule is CC1(C)CCCN1S(=O)(=O)Cc1ccc(N)cc1. The van der Waals surface area contributed by atoms with Crippen LogP contribution in [0.1, 0.15) is 32.3 Å². The average Bonchev–Trinajstić information content (AvgIpc) is 2.62. The Morgan fingerprint density at radius 1 is 1.28 bits per heavy atom. The van der Waals surface area contributed by atoms with Gasteiger partial charge in [-0.25, -0.2) is 8.42 Å². The number of nitrogens with two attached hydrogens (primary N) is 1. The van der Waals surface area contributed by atoms with E-state index in [4.69, 9.17) is 5.73 Å². The van der Waals surface area contributed by atoms with Crippen molar-refractivity contribution in [2.24, 2.45) is 0 Å². The Morgan fingerprint density at radius 3 is 2.39 bits per heavy atom. The highest BCUT2D eigenvalue weighted by Crippen LogP contribution is 2.32. The first kappa shape index (κ1) is 13.4. The smallest absolute Gasteiger partial charge is 0.218 e. The number of hydrogen-bond acceptors (Lipinski definition) is 3. The van der Waals surface area contributed by atoms with Crippen LogP contribution in [0.15, 0.2) is 24.3 Å². The Morgan fingerprint density at radius 2 is 1.89 bits per heavy atom. The molecule has 1 aliphatic rings. The van der Waals surface area contributed by atoms with Crippen molar-refractivity contribution in [1.29, 1.82) is 0 Å². The van der Waals surface area contributed by atoms with E-state index in [-0.39, 0.29) is 11.3 Å². The molecule has 1 aromatic carbocycles. The van der Waals surface area contributed by atoms with Crippen molar-refractivity contribution in [2.45, 2.75) is 38.0 Å². The number of anilines is 1. The Balaban J connectivity index is 2.20. The van der Waals surface area contributed by atoms with E-state index in [9.17, 15) is 8.42 Å². The van der Waals surface area contributed by atoms with Gasteiger partial charge < -0.3 is 5.73 Å². The van der Waals surface area contributed by atoms with Crippen LogP contribution in [0.4, 0.5) is 5.69 Å². The van der Waals surface area contributed by atoms with E-state index in [1.807, 2.05) is 13.8 Å². The normalized spacial score (nSPS) is 20.1. The summed E-state index contributed by atoms with van der Waals surface area (Å²) in [6, 6.07) is 7.02. The molecule has 2 rings (SSSR count). The molecule has 0 unspecified atom stereocenters. The lowest BCUT2D eigenvalue weighted by molar-refractivity contribution is 0.291. The summed E-state index contributed by atoms with van der Waals surface area (Å²) >= 11 is 0. The Bertz CT molecular complexity index is 520. The van der Waals surface area contributed by atoms with Crippen molar-refractivity contribution in [2.75, 3.05) is 12.3 Å². The van der Waals surface area contributed by atoms with Gasteiger partial charge in [0.15, 0.2) is 0 Å². The monoisotopic (exact) mass is 268 g/mol. The minimum atomic E-state index is -3.24. The van der Waals surface area contributed by atoms with Crippen LogP contribution < -0.4 is 5.73 Å². The largest absolute Gasteiger partial charge is 0.399 e. The first-order valence-electron chi connectivity index (χ1n) is 6.16. The number of benzene rings is 1. The Hall–Kier alpha value is -1.07. The second-order valence-corrected chi connectivity index (χ2v) is 7.38. The molecule has 1 fully saturated rings. The topological polar surface area (TPSA) is 63.4 Å². The standard InChI is InChI=1S/C13H20N2O2S/c1-13(2)8-3-9-15(13)18(16,17)10-11-4-6-12(14)7-5-11/h4-7H,3,8-10,14H2,1-2H3. The summed E-state index contributed by atoms with van der Waals surface area (Å²) in [6.45, 7) is 4.60. The van der Waals surface area contributed by atoms with Gasteiger partial charge in [-0.1, -0.05) is 12.1 Å². The highest BCUT2D eigenvalue weighted by Gasteiger charge is 2.39. The van der Waals surface area contributed by atoms with Crippen LogP contribution in [0.5, 0.6) is 0 Å². The summed E-state index contributed by atoms with van der Waals surface area (Å²) in [7, 11) is -3.24. The fraction of sp³-hybridized carbons (Fsp3) is 0.538. The molecule has 1 heterocycles. The fourth-order valence-electron chi connectivity index (χ4n) is 2.50. The molecule has 5 heteroatoms. The lowest BCUT2D eigenvalue weighted by atomic mass is 10.0. The molecule has 0 atom stereocenters. The average molecular weight is 268 g/mol. The van der Waals surface area contributed by atoms with Crippen LogP contribution in [0.2, 0.25) is 0 Å². The molecule has 1 aliphatic heterocycles. The predicted octanol–water partition coefficient (Wildman–Crippen LogP) is 1.97. The van der Waals surface area contributed by atoms with Crippen molar-refractivity contribution >= 4 is 15.7 Å². The predicted molar refractivity (Wildman–Crippen MR) is 73.5 cm³/mol. The van der Waals surface area contributed by atoms with E-state index in [0.717, 1.165) is 18.4 Å². The molecule has 4 nitrogen and oxygen atoms in total. The molecule has 100 valence electrons. The fourth-order valence-corrected chi connectivity index (χ4v) is 4.52. The second kappa shape index (κ2) is 4.55. The van der Waals surface area contributed by atoms with Crippen LogP contribution in [-0.2, 0) is 15.8 Å². The van der Waals surface area contributed by atoms with E-state index in [2.05, 4.69) is 0 Å². The number of nitrogens with zero attached hydrogens (tertiary/aromatic N) is 1. The summed E-state index contributed by atoms with van der Waals surface area (Å²) in [4.78, 5) is 0. The van der Waals surface area contributed by atoms with Crippen molar-refractivity contribution in [3.8, 4) is 0 Å². The Kier molecular flexibility index (Phi) is 3.38. The molecule has 0 aliphatic carbocycles. The number of sulfonamides is 1. The minimum Gasteiger partial charge on any atom is -0.399 e. The van der Waals surface area contributed by atoms with Crippen LogP contribution in [-0.4, -0.2) is 24.8 Å². The highest BCUT2D eigenvalue weighted by atomic mass is 32.2. The van der Waals surface area contributed by atoms with Gasteiger partial charge in [0.25, 0.3) is 0 Å². The van der Waals surface area contributed by atoms with Crippen molar-refractivity contribution in [3.63, 3.8) is 0 Å². The van der Waals surface area contributed by atoms with Gasteiger partial charge in [-0.05, 0) is 44.4 Å². The molecule has 0 radical (unpaired) electrons. The zero-order chi connectivity index (χ0) is 13.4. The summed E-state index contributed by atoms with van der Waals surface area (Å²) in [6.07, 6.45) is 1.86. The van der Waals surface area contributed by atoms with E-state index in [1.165, 1.54) is 0 Å². The maximum absolute atomic E-state index is 12.4. The van der Waals surface area contributed by atoms with Gasteiger partial charge in [-0.3, -0.25) is 0 Å². The molecule has 1 saturated heterocycles. The zero-order valence-corrected chi connectivity index (χ0v) is 11.7. The summed E-state index contributed by atoms with van der Waals surface area (Å²) in [5.74, 6) is 0.0523. The molecule has 0 amide bonds. The molecule has 18 heavy (non-hydrogen) atoms. The third-order valence-corrected chi connectivity index (χ3v) is 5.54. The summed E-state index contributed by atoms with van der Waals surface area (Å²) in [5, 5.41) is 0. The first-order chi connectivity index (χ1) is 8.31. The van der Waals surface area contributed by atoms with Gasteiger partial charge in [0, 0.05) is 17.8 Å². The van der Waals surface area contributed by atoms with E-state index in [1.54, 1.807) is 28.6 Å². The van der Waals surface area contributed by atoms with E-state index in [0.29, 0.717) is 12.2 Å². The van der Waals surface area contributed by atoms with Crippen LogP contribution in [0.25, 0.3) is 0 Å². The second-order valence-electron chi connectivity index (χ2n) is 5.49. The maximum Gasteiger partial charge on any atom is 0.218 e. The molecule has 0 bridgehead atoms. The molecule has 1 aromatic rings. The van der Waals surface area contributed by atoms with Gasteiger partial charge in [-0.15, -0.1) is 0 Å². The lowest BCUT2D eigenvalue weighted by Gasteiger charge is -2.30. The Labute approximate surface area is 109 Å². The van der Waals surface area contributed by atoms with E-state index >= 15 is 0 Å². The van der Waals surface area contributed by atoms with Crippen LogP contribution >= 0.6 is 0 Å². The van der Waals surface area contributed by atoms with Crippen LogP contribution in [0, 0.1) is 0 Å². The van der Waals surface area contributed by atoms with E-state index < -0.39 is 10.0 Å². The zero-order valence-electron chi connectivity index (χ0n) is 10.9. The molecular formula is C13H20N2O2S.